The van der Waals surface area contributed by atoms with E-state index in [4.69, 9.17) is 16.3 Å². The molecule has 2 aromatic heterocycles. The Morgan fingerprint density at radius 2 is 1.70 bits per heavy atom. The fourth-order valence-corrected chi connectivity index (χ4v) is 2.59. The molecule has 23 heavy (non-hydrogen) atoms. The van der Waals surface area contributed by atoms with Crippen molar-refractivity contribution in [2.45, 2.75) is 20.0 Å². The Hall–Kier alpha value is -2.08. The summed E-state index contributed by atoms with van der Waals surface area (Å²) >= 11 is 5.83. The Morgan fingerprint density at radius 1 is 1.04 bits per heavy atom. The molecular weight excluding hydrogens is 314 g/mol. The number of rotatable bonds is 4. The number of aromatic nitrogens is 3. The summed E-state index contributed by atoms with van der Waals surface area (Å²) in [5.41, 5.74) is 0. The summed E-state index contributed by atoms with van der Waals surface area (Å²) in [6, 6.07) is 5.89. The summed E-state index contributed by atoms with van der Waals surface area (Å²) in [5, 5.41) is 0.554. The second-order valence-electron chi connectivity index (χ2n) is 5.68. The van der Waals surface area contributed by atoms with Crippen LogP contribution >= 0.6 is 11.6 Å². The zero-order valence-electron chi connectivity index (χ0n) is 13.3. The molecule has 1 fully saturated rings. The molecule has 6 nitrogen and oxygen atoms in total. The summed E-state index contributed by atoms with van der Waals surface area (Å²) in [6.45, 7) is 7.42. The molecule has 0 aromatic carbocycles. The number of ether oxygens (including phenoxy) is 1. The topological polar surface area (TPSA) is 54.4 Å². The van der Waals surface area contributed by atoms with E-state index >= 15 is 0 Å². The Balaban J connectivity index is 1.63. The highest BCUT2D eigenvalue weighted by atomic mass is 35.5. The van der Waals surface area contributed by atoms with Crippen LogP contribution in [0.1, 0.15) is 13.8 Å². The summed E-state index contributed by atoms with van der Waals surface area (Å²) < 4.78 is 5.67. The molecule has 0 amide bonds. The van der Waals surface area contributed by atoms with Gasteiger partial charge >= 0.3 is 0 Å². The lowest BCUT2D eigenvalue weighted by Gasteiger charge is -2.35. The lowest BCUT2D eigenvalue weighted by atomic mass is 10.3. The predicted molar refractivity (Wildman–Crippen MR) is 91.5 cm³/mol. The van der Waals surface area contributed by atoms with Gasteiger partial charge < -0.3 is 14.5 Å². The minimum Gasteiger partial charge on any atom is -0.475 e. The molecule has 3 heterocycles. The van der Waals surface area contributed by atoms with Gasteiger partial charge in [-0.25, -0.2) is 9.97 Å². The van der Waals surface area contributed by atoms with Gasteiger partial charge in [-0.15, -0.1) is 0 Å². The van der Waals surface area contributed by atoms with Gasteiger partial charge in [-0.3, -0.25) is 0 Å². The molecule has 122 valence electrons. The molecule has 0 spiro atoms. The van der Waals surface area contributed by atoms with E-state index in [1.165, 1.54) is 0 Å². The summed E-state index contributed by atoms with van der Waals surface area (Å²) in [5.74, 6) is 2.33. The van der Waals surface area contributed by atoms with E-state index in [-0.39, 0.29) is 6.10 Å². The van der Waals surface area contributed by atoms with E-state index < -0.39 is 0 Å². The van der Waals surface area contributed by atoms with E-state index in [0.717, 1.165) is 37.9 Å². The molecule has 1 aliphatic rings. The summed E-state index contributed by atoms with van der Waals surface area (Å²) in [4.78, 5) is 17.5. The molecule has 3 rings (SSSR count). The fraction of sp³-hybridized carbons (Fsp3) is 0.438. The first kappa shape index (κ1) is 15.8. The highest BCUT2D eigenvalue weighted by molar-refractivity contribution is 6.30. The SMILES string of the molecule is CC(C)Oc1cccc(N2CCN(c3ncc(Cl)cn3)CC2)n1. The normalized spacial score (nSPS) is 15.1. The Bertz CT molecular complexity index is 641. The van der Waals surface area contributed by atoms with Crippen LogP contribution in [0.3, 0.4) is 0 Å². The van der Waals surface area contributed by atoms with E-state index in [2.05, 4.69) is 24.8 Å². The van der Waals surface area contributed by atoms with Crippen LogP contribution in [0.15, 0.2) is 30.6 Å². The number of nitrogens with zero attached hydrogens (tertiary/aromatic N) is 5. The average molecular weight is 334 g/mol. The van der Waals surface area contributed by atoms with Gasteiger partial charge in [0.15, 0.2) is 0 Å². The van der Waals surface area contributed by atoms with Gasteiger partial charge in [0.25, 0.3) is 0 Å². The van der Waals surface area contributed by atoms with Gasteiger partial charge in [0.05, 0.1) is 23.5 Å². The summed E-state index contributed by atoms with van der Waals surface area (Å²) in [7, 11) is 0. The van der Waals surface area contributed by atoms with E-state index in [9.17, 15) is 0 Å². The maximum absolute atomic E-state index is 5.83. The number of hydrogen-bond donors (Lipinski definition) is 0. The molecule has 2 aromatic rings. The van der Waals surface area contributed by atoms with Gasteiger partial charge in [-0.1, -0.05) is 17.7 Å². The fourth-order valence-electron chi connectivity index (χ4n) is 2.49. The number of hydrogen-bond acceptors (Lipinski definition) is 6. The molecular formula is C16H20ClN5O. The van der Waals surface area contributed by atoms with Crippen molar-refractivity contribution in [3.05, 3.63) is 35.6 Å². The minimum absolute atomic E-state index is 0.122. The van der Waals surface area contributed by atoms with Gasteiger partial charge in [0.2, 0.25) is 11.8 Å². The summed E-state index contributed by atoms with van der Waals surface area (Å²) in [6.07, 6.45) is 3.38. The molecule has 0 atom stereocenters. The van der Waals surface area contributed by atoms with Gasteiger partial charge in [-0.05, 0) is 19.9 Å². The third kappa shape index (κ3) is 4.01. The van der Waals surface area contributed by atoms with E-state index in [0.29, 0.717) is 10.9 Å². The number of halogens is 1. The first-order chi connectivity index (χ1) is 11.1. The predicted octanol–water partition coefficient (Wildman–Crippen LogP) is 2.64. The largest absolute Gasteiger partial charge is 0.475 e. The first-order valence-electron chi connectivity index (χ1n) is 7.73. The average Bonchev–Trinajstić information content (AvgIpc) is 2.55. The van der Waals surface area contributed by atoms with Crippen molar-refractivity contribution in [2.24, 2.45) is 0 Å². The molecule has 0 aliphatic carbocycles. The highest BCUT2D eigenvalue weighted by Crippen LogP contribution is 2.20. The Labute approximate surface area is 141 Å². The smallest absolute Gasteiger partial charge is 0.225 e. The van der Waals surface area contributed by atoms with Crippen molar-refractivity contribution in [1.82, 2.24) is 15.0 Å². The zero-order valence-corrected chi connectivity index (χ0v) is 14.1. The van der Waals surface area contributed by atoms with Crippen molar-refractivity contribution < 1.29 is 4.74 Å². The standard InChI is InChI=1S/C16H20ClN5O/c1-12(2)23-15-5-3-4-14(20-15)21-6-8-22(9-7-21)16-18-10-13(17)11-19-16/h3-5,10-12H,6-9H2,1-2H3. The molecule has 0 radical (unpaired) electrons. The molecule has 0 bridgehead atoms. The van der Waals surface area contributed by atoms with Gasteiger partial charge in [0, 0.05) is 32.2 Å². The monoisotopic (exact) mass is 333 g/mol. The van der Waals surface area contributed by atoms with Crippen LogP contribution in [0.2, 0.25) is 5.02 Å². The Morgan fingerprint density at radius 3 is 2.35 bits per heavy atom. The van der Waals surface area contributed by atoms with E-state index in [1.54, 1.807) is 12.4 Å². The van der Waals surface area contributed by atoms with Crippen molar-refractivity contribution >= 4 is 23.4 Å². The van der Waals surface area contributed by atoms with Crippen LogP contribution in [0, 0.1) is 0 Å². The van der Waals surface area contributed by atoms with Crippen molar-refractivity contribution in [3.8, 4) is 5.88 Å². The maximum Gasteiger partial charge on any atom is 0.225 e. The van der Waals surface area contributed by atoms with Crippen LogP contribution in [0.4, 0.5) is 11.8 Å². The third-order valence-corrected chi connectivity index (χ3v) is 3.75. The first-order valence-corrected chi connectivity index (χ1v) is 8.11. The number of piperazine rings is 1. The minimum atomic E-state index is 0.122. The number of pyridine rings is 1. The molecule has 7 heteroatoms. The molecule has 1 aliphatic heterocycles. The second kappa shape index (κ2) is 7.00. The van der Waals surface area contributed by atoms with Gasteiger partial charge in [-0.2, -0.15) is 4.98 Å². The zero-order chi connectivity index (χ0) is 16.2. The highest BCUT2D eigenvalue weighted by Gasteiger charge is 2.20. The number of anilines is 2. The lowest BCUT2D eigenvalue weighted by Crippen LogP contribution is -2.47. The van der Waals surface area contributed by atoms with E-state index in [1.807, 2.05) is 32.0 Å². The van der Waals surface area contributed by atoms with Crippen LogP contribution in [-0.4, -0.2) is 47.2 Å². The van der Waals surface area contributed by atoms with Crippen LogP contribution < -0.4 is 14.5 Å². The lowest BCUT2D eigenvalue weighted by molar-refractivity contribution is 0.233. The molecule has 0 saturated carbocycles. The van der Waals surface area contributed by atoms with Crippen LogP contribution in [-0.2, 0) is 0 Å². The second-order valence-corrected chi connectivity index (χ2v) is 6.11. The van der Waals surface area contributed by atoms with Crippen molar-refractivity contribution in [1.29, 1.82) is 0 Å². The molecule has 0 unspecified atom stereocenters. The van der Waals surface area contributed by atoms with Crippen LogP contribution in [0.5, 0.6) is 5.88 Å². The van der Waals surface area contributed by atoms with Crippen molar-refractivity contribution in [3.63, 3.8) is 0 Å². The maximum atomic E-state index is 5.83. The third-order valence-electron chi connectivity index (χ3n) is 3.56. The van der Waals surface area contributed by atoms with Crippen LogP contribution in [0.25, 0.3) is 0 Å². The van der Waals surface area contributed by atoms with Gasteiger partial charge in [0.1, 0.15) is 5.82 Å². The van der Waals surface area contributed by atoms with Crippen molar-refractivity contribution in [2.75, 3.05) is 36.0 Å². The Kier molecular flexibility index (Phi) is 4.81. The molecule has 0 N–H and O–H groups in total. The quantitative estimate of drug-likeness (QED) is 0.857. The molecule has 1 saturated heterocycles.